The SMILES string of the molecule is CO.COc1c(Br)cc(F)cc1CNO.F.O=Cc1cccc(Br)c1. The quantitative estimate of drug-likeness (QED) is 0.448. The van der Waals surface area contributed by atoms with Crippen LogP contribution in [-0.2, 0) is 6.54 Å². The van der Waals surface area contributed by atoms with E-state index in [0.29, 0.717) is 21.3 Å². The number of methoxy groups -OCH3 is 1. The smallest absolute Gasteiger partial charge is 0.150 e. The first-order valence-electron chi connectivity index (χ1n) is 6.56. The van der Waals surface area contributed by atoms with Crippen molar-refractivity contribution in [3.8, 4) is 5.75 Å². The molecule has 2 rings (SSSR count). The summed E-state index contributed by atoms with van der Waals surface area (Å²) in [5.41, 5.74) is 3.20. The lowest BCUT2D eigenvalue weighted by molar-refractivity contribution is 0.112. The second kappa shape index (κ2) is 14.9. The monoisotopic (exact) mass is 485 g/mol. The topological polar surface area (TPSA) is 78.8 Å². The number of carbonyl (C=O) groups is 1. The van der Waals surface area contributed by atoms with E-state index >= 15 is 0 Å². The Morgan fingerprint density at radius 1 is 1.24 bits per heavy atom. The zero-order valence-corrected chi connectivity index (χ0v) is 16.7. The number of benzene rings is 2. The van der Waals surface area contributed by atoms with E-state index in [0.717, 1.165) is 17.9 Å². The summed E-state index contributed by atoms with van der Waals surface area (Å²) in [6.07, 6.45) is 0.824. The van der Waals surface area contributed by atoms with Gasteiger partial charge in [0.2, 0.25) is 0 Å². The summed E-state index contributed by atoms with van der Waals surface area (Å²) < 4.78 is 19.4. The molecule has 3 N–H and O–H groups in total. The third-order valence-corrected chi connectivity index (χ3v) is 3.63. The molecule has 0 aliphatic carbocycles. The number of nitrogens with one attached hydrogen (secondary N) is 1. The zero-order chi connectivity index (χ0) is 18.5. The number of aliphatic hydroxyl groups is 1. The molecule has 0 aliphatic rings. The minimum absolute atomic E-state index is 0. The second-order valence-electron chi connectivity index (χ2n) is 4.09. The summed E-state index contributed by atoms with van der Waals surface area (Å²) in [6.45, 7) is 0.138. The molecule has 140 valence electrons. The van der Waals surface area contributed by atoms with Gasteiger partial charge in [0.15, 0.2) is 0 Å². The molecule has 0 aliphatic heterocycles. The highest BCUT2D eigenvalue weighted by Gasteiger charge is 2.09. The molecule has 0 saturated heterocycles. The average Bonchev–Trinajstić information content (AvgIpc) is 2.57. The molecule has 0 saturated carbocycles. The first-order valence-corrected chi connectivity index (χ1v) is 8.14. The van der Waals surface area contributed by atoms with Crippen LogP contribution in [0.2, 0.25) is 0 Å². The molecule has 2 aromatic carbocycles. The van der Waals surface area contributed by atoms with Gasteiger partial charge in [-0.2, -0.15) is 0 Å². The molecule has 25 heavy (non-hydrogen) atoms. The molecule has 0 spiro atoms. The molecule has 0 amide bonds. The number of hydrogen-bond acceptors (Lipinski definition) is 5. The van der Waals surface area contributed by atoms with E-state index in [1.807, 2.05) is 17.6 Å². The van der Waals surface area contributed by atoms with Crippen LogP contribution in [-0.4, -0.2) is 30.8 Å². The molecular weight excluding hydrogens is 468 g/mol. The maximum absolute atomic E-state index is 12.9. The summed E-state index contributed by atoms with van der Waals surface area (Å²) in [6, 6.07) is 9.85. The fraction of sp³-hybridized carbons (Fsp3) is 0.188. The lowest BCUT2D eigenvalue weighted by atomic mass is 10.2. The summed E-state index contributed by atoms with van der Waals surface area (Å²) >= 11 is 6.40. The molecule has 0 unspecified atom stereocenters. The van der Waals surface area contributed by atoms with Crippen LogP contribution in [0.15, 0.2) is 45.3 Å². The Hall–Kier alpha value is -1.39. The van der Waals surface area contributed by atoms with Crippen molar-refractivity contribution in [1.29, 1.82) is 0 Å². The van der Waals surface area contributed by atoms with Crippen molar-refractivity contribution in [2.75, 3.05) is 14.2 Å². The van der Waals surface area contributed by atoms with Crippen molar-refractivity contribution in [2.24, 2.45) is 0 Å². The van der Waals surface area contributed by atoms with E-state index in [2.05, 4.69) is 31.9 Å². The van der Waals surface area contributed by atoms with Gasteiger partial charge in [-0.25, -0.2) is 9.87 Å². The third kappa shape index (κ3) is 9.61. The van der Waals surface area contributed by atoms with Crippen molar-refractivity contribution in [3.05, 3.63) is 62.3 Å². The second-order valence-corrected chi connectivity index (χ2v) is 5.86. The molecular formula is C16H19Br2F2NO4. The Balaban J connectivity index is 0. The number of aliphatic hydroxyl groups excluding tert-OH is 1. The Morgan fingerprint density at radius 2 is 1.88 bits per heavy atom. The normalized spacial score (nSPS) is 8.76. The Labute approximate surface area is 161 Å². The highest BCUT2D eigenvalue weighted by molar-refractivity contribution is 9.10. The fourth-order valence-corrected chi connectivity index (χ4v) is 2.69. The predicted octanol–water partition coefficient (Wildman–Crippen LogP) is 4.10. The van der Waals surface area contributed by atoms with Crippen LogP contribution in [0.3, 0.4) is 0 Å². The van der Waals surface area contributed by atoms with Gasteiger partial charge in [-0.3, -0.25) is 9.50 Å². The van der Waals surface area contributed by atoms with Crippen LogP contribution in [0.5, 0.6) is 5.75 Å². The van der Waals surface area contributed by atoms with Gasteiger partial charge in [0.1, 0.15) is 17.9 Å². The summed E-state index contributed by atoms with van der Waals surface area (Å²) in [5, 5.41) is 15.5. The van der Waals surface area contributed by atoms with E-state index < -0.39 is 0 Å². The molecule has 5 nitrogen and oxygen atoms in total. The molecule has 9 heteroatoms. The molecule has 0 radical (unpaired) electrons. The third-order valence-electron chi connectivity index (χ3n) is 2.54. The van der Waals surface area contributed by atoms with Gasteiger partial charge in [-0.1, -0.05) is 28.1 Å². The van der Waals surface area contributed by atoms with E-state index in [9.17, 15) is 9.18 Å². The van der Waals surface area contributed by atoms with Crippen LogP contribution >= 0.6 is 31.9 Å². The first kappa shape index (κ1) is 25.8. The number of ether oxygens (including phenoxy) is 1. The molecule has 0 bridgehead atoms. The molecule has 0 atom stereocenters. The minimum atomic E-state index is -0.377. The average molecular weight is 487 g/mol. The van der Waals surface area contributed by atoms with E-state index in [4.69, 9.17) is 15.1 Å². The maximum atomic E-state index is 12.9. The first-order chi connectivity index (χ1) is 11.5. The van der Waals surface area contributed by atoms with Gasteiger partial charge in [0, 0.05) is 29.3 Å². The lowest BCUT2D eigenvalue weighted by Crippen LogP contribution is -2.08. The molecule has 0 fully saturated rings. The van der Waals surface area contributed by atoms with Gasteiger partial charge in [-0.05, 0) is 40.2 Å². The molecule has 0 heterocycles. The van der Waals surface area contributed by atoms with Crippen molar-refractivity contribution in [3.63, 3.8) is 0 Å². The number of hydroxylamine groups is 1. The summed E-state index contributed by atoms with van der Waals surface area (Å²) in [5.74, 6) is 0.140. The van der Waals surface area contributed by atoms with Crippen molar-refractivity contribution in [1.82, 2.24) is 5.48 Å². The van der Waals surface area contributed by atoms with Gasteiger partial charge in [-0.15, -0.1) is 0 Å². The van der Waals surface area contributed by atoms with Gasteiger partial charge in [0.05, 0.1) is 11.6 Å². The molecule has 0 aromatic heterocycles. The minimum Gasteiger partial charge on any atom is -0.495 e. The fourth-order valence-electron chi connectivity index (χ4n) is 1.64. The lowest BCUT2D eigenvalue weighted by Gasteiger charge is -2.09. The Morgan fingerprint density at radius 3 is 2.32 bits per heavy atom. The van der Waals surface area contributed by atoms with Gasteiger partial charge >= 0.3 is 0 Å². The highest BCUT2D eigenvalue weighted by atomic mass is 79.9. The largest absolute Gasteiger partial charge is 0.495 e. The maximum Gasteiger partial charge on any atom is 0.150 e. The van der Waals surface area contributed by atoms with E-state index in [-0.39, 0.29) is 17.1 Å². The van der Waals surface area contributed by atoms with Crippen LogP contribution in [0.25, 0.3) is 0 Å². The standard InChI is InChI=1S/C8H9BrFNO2.C7H5BrO.CH4O.FH/c1-13-8-5(4-11-12)2-6(10)3-7(8)9;8-7-3-1-2-6(4-7)5-9;1-2;/h2-3,11-12H,4H2,1H3;1-5H;2H,1H3;1H. The number of aldehydes is 1. The van der Waals surface area contributed by atoms with Crippen LogP contribution < -0.4 is 10.2 Å². The number of carbonyl (C=O) groups excluding carboxylic acids is 1. The summed E-state index contributed by atoms with van der Waals surface area (Å²) in [4.78, 5) is 10.1. The van der Waals surface area contributed by atoms with Gasteiger partial charge < -0.3 is 15.1 Å². The van der Waals surface area contributed by atoms with Crippen molar-refractivity contribution < 1.29 is 28.9 Å². The van der Waals surface area contributed by atoms with Crippen LogP contribution in [0.4, 0.5) is 9.09 Å². The number of rotatable bonds is 4. The Kier molecular flexibility index (Phi) is 15.4. The number of hydrogen-bond donors (Lipinski definition) is 3. The Bertz CT molecular complexity index is 646. The predicted molar refractivity (Wildman–Crippen MR) is 99.5 cm³/mol. The van der Waals surface area contributed by atoms with Crippen molar-refractivity contribution in [2.45, 2.75) is 6.54 Å². The van der Waals surface area contributed by atoms with Crippen molar-refractivity contribution >= 4 is 38.1 Å². The van der Waals surface area contributed by atoms with Gasteiger partial charge in [0.25, 0.3) is 0 Å². The number of halogens is 4. The summed E-state index contributed by atoms with van der Waals surface area (Å²) in [7, 11) is 2.48. The molecule has 2 aromatic rings. The highest BCUT2D eigenvalue weighted by Crippen LogP contribution is 2.29. The van der Waals surface area contributed by atoms with Crippen LogP contribution in [0, 0.1) is 5.82 Å². The van der Waals surface area contributed by atoms with Crippen LogP contribution in [0.1, 0.15) is 15.9 Å². The van der Waals surface area contributed by atoms with E-state index in [1.165, 1.54) is 19.2 Å². The zero-order valence-electron chi connectivity index (χ0n) is 13.5. The van der Waals surface area contributed by atoms with E-state index in [1.54, 1.807) is 12.1 Å².